The maximum atomic E-state index is 13.3. The van der Waals surface area contributed by atoms with Crippen LogP contribution in [0.3, 0.4) is 0 Å². The number of aromatic nitrogens is 6. The summed E-state index contributed by atoms with van der Waals surface area (Å²) in [5.41, 5.74) is 14.5. The molecule has 0 saturated heterocycles. The number of halogens is 2. The second-order valence-corrected chi connectivity index (χ2v) is 6.53. The smallest absolute Gasteiger partial charge is 0.169 e. The third-order valence-corrected chi connectivity index (χ3v) is 4.65. The minimum Gasteiger partial charge on any atom is -0.383 e. The van der Waals surface area contributed by atoms with Gasteiger partial charge >= 0.3 is 0 Å². The average Bonchev–Trinajstić information content (AvgIpc) is 3.33. The molecule has 2 aromatic carbocycles. The van der Waals surface area contributed by atoms with Gasteiger partial charge in [0.05, 0.1) is 34.7 Å². The number of fused-ring (bicyclic) bond motifs is 1. The van der Waals surface area contributed by atoms with Gasteiger partial charge in [0.2, 0.25) is 0 Å². The number of hydrogen-bond acceptors (Lipinski definition) is 6. The van der Waals surface area contributed by atoms with Crippen molar-refractivity contribution in [3.8, 4) is 22.8 Å². The largest absolute Gasteiger partial charge is 0.383 e. The van der Waals surface area contributed by atoms with E-state index in [1.165, 1.54) is 39.8 Å². The van der Waals surface area contributed by atoms with Crippen molar-refractivity contribution in [2.24, 2.45) is 0 Å². The van der Waals surface area contributed by atoms with Gasteiger partial charge in [0.15, 0.2) is 11.5 Å². The summed E-state index contributed by atoms with van der Waals surface area (Å²) in [4.78, 5) is 8.90. The molecule has 0 atom stereocenters. The van der Waals surface area contributed by atoms with E-state index in [1.54, 1.807) is 30.5 Å². The molecule has 3 heterocycles. The molecule has 8 nitrogen and oxygen atoms in total. The molecule has 148 valence electrons. The van der Waals surface area contributed by atoms with Crippen molar-refractivity contribution in [2.75, 3.05) is 11.5 Å². The lowest BCUT2D eigenvalue weighted by Crippen LogP contribution is -2.04. The predicted octanol–water partition coefficient (Wildman–Crippen LogP) is 3.11. The number of hydrogen-bond donors (Lipinski definition) is 2. The van der Waals surface area contributed by atoms with E-state index in [0.717, 1.165) is 0 Å². The highest BCUT2D eigenvalue weighted by Crippen LogP contribution is 2.29. The van der Waals surface area contributed by atoms with Gasteiger partial charge in [0.25, 0.3) is 0 Å². The summed E-state index contributed by atoms with van der Waals surface area (Å²) in [6, 6.07) is 11.6. The summed E-state index contributed by atoms with van der Waals surface area (Å²) >= 11 is 0. The first-order valence-corrected chi connectivity index (χ1v) is 8.88. The Morgan fingerprint density at radius 2 is 1.27 bits per heavy atom. The lowest BCUT2D eigenvalue weighted by Gasteiger charge is -2.07. The van der Waals surface area contributed by atoms with Crippen LogP contribution in [-0.4, -0.2) is 29.5 Å². The van der Waals surface area contributed by atoms with Crippen molar-refractivity contribution in [3.63, 3.8) is 0 Å². The van der Waals surface area contributed by atoms with Gasteiger partial charge in [-0.1, -0.05) is 0 Å². The van der Waals surface area contributed by atoms with Crippen molar-refractivity contribution >= 4 is 22.7 Å². The number of rotatable bonds is 3. The van der Waals surface area contributed by atoms with Crippen LogP contribution in [-0.2, 0) is 0 Å². The highest BCUT2D eigenvalue weighted by Gasteiger charge is 2.18. The fourth-order valence-electron chi connectivity index (χ4n) is 3.14. The first-order chi connectivity index (χ1) is 14.5. The fourth-order valence-corrected chi connectivity index (χ4v) is 3.14. The Kier molecular flexibility index (Phi) is 3.91. The molecule has 10 heteroatoms. The monoisotopic (exact) mass is 404 g/mol. The van der Waals surface area contributed by atoms with Crippen LogP contribution >= 0.6 is 0 Å². The van der Waals surface area contributed by atoms with Crippen LogP contribution in [0.25, 0.3) is 33.8 Å². The van der Waals surface area contributed by atoms with Crippen LogP contribution in [0.5, 0.6) is 0 Å². The maximum absolute atomic E-state index is 13.3. The Hall–Kier alpha value is -4.34. The molecule has 0 fully saturated rings. The number of benzene rings is 2. The highest BCUT2D eigenvalue weighted by molar-refractivity contribution is 5.88. The van der Waals surface area contributed by atoms with E-state index in [2.05, 4.69) is 20.2 Å². The Labute approximate surface area is 168 Å². The third kappa shape index (κ3) is 2.82. The van der Waals surface area contributed by atoms with Crippen LogP contribution < -0.4 is 11.5 Å². The lowest BCUT2D eigenvalue weighted by atomic mass is 10.2. The molecule has 0 saturated carbocycles. The van der Waals surface area contributed by atoms with Crippen molar-refractivity contribution in [3.05, 3.63) is 72.6 Å². The predicted molar refractivity (Wildman–Crippen MR) is 108 cm³/mol. The fraction of sp³-hybridized carbons (Fsp3) is 0. The second kappa shape index (κ2) is 6.62. The van der Waals surface area contributed by atoms with Crippen molar-refractivity contribution < 1.29 is 8.78 Å². The topological polar surface area (TPSA) is 113 Å². The number of nitrogens with zero attached hydrogens (tertiary/aromatic N) is 6. The molecule has 0 amide bonds. The molecule has 0 radical (unpaired) electrons. The van der Waals surface area contributed by atoms with Gasteiger partial charge in [0.1, 0.15) is 23.3 Å². The number of nitrogens with two attached hydrogens (primary N) is 2. The Bertz CT molecular complexity index is 1370. The van der Waals surface area contributed by atoms with Crippen LogP contribution in [0.4, 0.5) is 20.4 Å². The quantitative estimate of drug-likeness (QED) is 0.478. The van der Waals surface area contributed by atoms with E-state index < -0.39 is 0 Å². The molecular formula is C20H14F2N8. The van der Waals surface area contributed by atoms with Crippen molar-refractivity contribution in [1.82, 2.24) is 29.5 Å². The van der Waals surface area contributed by atoms with E-state index in [4.69, 9.17) is 11.5 Å². The lowest BCUT2D eigenvalue weighted by molar-refractivity contribution is 0.626. The maximum Gasteiger partial charge on any atom is 0.169 e. The van der Waals surface area contributed by atoms with E-state index in [1.807, 2.05) is 0 Å². The highest BCUT2D eigenvalue weighted by atomic mass is 19.1. The standard InChI is InChI=1S/C20H14F2N8/c21-11-1-5-13(6-2-11)29-18(24)16(10-25-29)19-27-17(23)15-9-26-30(20(15)28-19)14-7-3-12(22)4-8-14/h1-10H,24H2,(H2,23,27,28). The molecular weight excluding hydrogens is 390 g/mol. The molecule has 0 aliphatic rings. The van der Waals surface area contributed by atoms with Gasteiger partial charge in [-0.25, -0.2) is 28.1 Å². The zero-order valence-electron chi connectivity index (χ0n) is 15.4. The molecule has 0 bridgehead atoms. The summed E-state index contributed by atoms with van der Waals surface area (Å²) < 4.78 is 29.5. The van der Waals surface area contributed by atoms with E-state index in [0.29, 0.717) is 28.0 Å². The molecule has 5 rings (SSSR count). The molecule has 0 aliphatic carbocycles. The summed E-state index contributed by atoms with van der Waals surface area (Å²) in [7, 11) is 0. The summed E-state index contributed by atoms with van der Waals surface area (Å²) in [5.74, 6) is 0.0339. The Morgan fingerprint density at radius 3 is 1.90 bits per heavy atom. The Balaban J connectivity index is 1.64. The van der Waals surface area contributed by atoms with Crippen LogP contribution in [0, 0.1) is 11.6 Å². The first-order valence-electron chi connectivity index (χ1n) is 8.88. The molecule has 4 N–H and O–H groups in total. The van der Waals surface area contributed by atoms with Crippen LogP contribution in [0.2, 0.25) is 0 Å². The Morgan fingerprint density at radius 1 is 0.700 bits per heavy atom. The zero-order chi connectivity index (χ0) is 20.8. The van der Waals surface area contributed by atoms with Gasteiger partial charge in [-0.15, -0.1) is 0 Å². The van der Waals surface area contributed by atoms with Gasteiger partial charge in [-0.3, -0.25) is 0 Å². The average molecular weight is 404 g/mol. The minimum atomic E-state index is -0.361. The van der Waals surface area contributed by atoms with Crippen LogP contribution in [0.15, 0.2) is 60.9 Å². The number of nitrogen functional groups attached to an aromatic ring is 2. The van der Waals surface area contributed by atoms with Crippen LogP contribution in [0.1, 0.15) is 0 Å². The summed E-state index contributed by atoms with van der Waals surface area (Å²) in [5, 5.41) is 9.11. The zero-order valence-corrected chi connectivity index (χ0v) is 15.4. The van der Waals surface area contributed by atoms with Crippen molar-refractivity contribution in [1.29, 1.82) is 0 Å². The first kappa shape index (κ1) is 17.7. The molecule has 30 heavy (non-hydrogen) atoms. The minimum absolute atomic E-state index is 0.220. The van der Waals surface area contributed by atoms with Gasteiger partial charge in [0, 0.05) is 0 Å². The molecule has 0 aliphatic heterocycles. The third-order valence-electron chi connectivity index (χ3n) is 4.65. The van der Waals surface area contributed by atoms with Gasteiger partial charge < -0.3 is 11.5 Å². The summed E-state index contributed by atoms with van der Waals surface area (Å²) in [6.45, 7) is 0. The molecule has 0 spiro atoms. The van der Waals surface area contributed by atoms with Gasteiger partial charge in [-0.05, 0) is 48.5 Å². The molecule has 5 aromatic rings. The van der Waals surface area contributed by atoms with E-state index in [-0.39, 0.29) is 29.1 Å². The molecule has 0 unspecified atom stereocenters. The summed E-state index contributed by atoms with van der Waals surface area (Å²) in [6.07, 6.45) is 3.06. The number of anilines is 2. The normalized spacial score (nSPS) is 11.3. The van der Waals surface area contributed by atoms with E-state index >= 15 is 0 Å². The molecule has 3 aromatic heterocycles. The van der Waals surface area contributed by atoms with Crippen molar-refractivity contribution in [2.45, 2.75) is 0 Å². The van der Waals surface area contributed by atoms with Gasteiger partial charge in [-0.2, -0.15) is 10.2 Å². The second-order valence-electron chi connectivity index (χ2n) is 6.53. The van der Waals surface area contributed by atoms with E-state index in [9.17, 15) is 8.78 Å². The SMILES string of the molecule is Nc1nc(-c2cnn(-c3ccc(F)cc3)c2N)nc2c1cnn2-c1ccc(F)cc1.